The fourth-order valence-electron chi connectivity index (χ4n) is 3.55. The summed E-state index contributed by atoms with van der Waals surface area (Å²) in [5.74, 6) is 0.600. The second-order valence-electron chi connectivity index (χ2n) is 6.99. The van der Waals surface area contributed by atoms with E-state index >= 15 is 0 Å². The van der Waals surface area contributed by atoms with Gasteiger partial charge in [0.15, 0.2) is 0 Å². The van der Waals surface area contributed by atoms with Crippen LogP contribution in [0.2, 0.25) is 0 Å². The molecule has 3 N–H and O–H groups in total. The Morgan fingerprint density at radius 2 is 2.19 bits per heavy atom. The van der Waals surface area contributed by atoms with E-state index in [1.54, 1.807) is 17.0 Å². The Morgan fingerprint density at radius 1 is 1.35 bits per heavy atom. The first-order valence-corrected chi connectivity index (χ1v) is 9.45. The number of hydrogen-bond donors (Lipinski definition) is 3. The van der Waals surface area contributed by atoms with Gasteiger partial charge >= 0.3 is 12.1 Å². The zero-order chi connectivity index (χ0) is 18.4. The standard InChI is InChI=1S/C19H28N4O3/c1-14-5-2-3-8-17(14)26-12-10-20-18(24)22-15-6-4-7-16(13-15)23-11-9-21-19(23)25/h4,6-7,13-14,17H,2-3,5,8-12H2,1H3,(H,21,25)(H2,20,22,24). The van der Waals surface area contributed by atoms with Gasteiger partial charge in [-0.25, -0.2) is 9.59 Å². The molecule has 1 saturated carbocycles. The van der Waals surface area contributed by atoms with Crippen LogP contribution in [0.15, 0.2) is 24.3 Å². The number of urea groups is 2. The number of benzene rings is 1. The van der Waals surface area contributed by atoms with Gasteiger partial charge in [-0.3, -0.25) is 4.90 Å². The smallest absolute Gasteiger partial charge is 0.321 e. The van der Waals surface area contributed by atoms with Crippen LogP contribution in [0.25, 0.3) is 0 Å². The highest BCUT2D eigenvalue weighted by Gasteiger charge is 2.22. The number of amides is 4. The summed E-state index contributed by atoms with van der Waals surface area (Å²) in [7, 11) is 0. The number of carbonyl (C=O) groups excluding carboxylic acids is 2. The Kier molecular flexibility index (Phi) is 6.33. The highest BCUT2D eigenvalue weighted by molar-refractivity contribution is 5.95. The Hall–Kier alpha value is -2.28. The molecular formula is C19H28N4O3. The first-order chi connectivity index (χ1) is 12.6. The van der Waals surface area contributed by atoms with E-state index < -0.39 is 0 Å². The van der Waals surface area contributed by atoms with Gasteiger partial charge in [0.25, 0.3) is 0 Å². The van der Waals surface area contributed by atoms with Crippen LogP contribution in [0.1, 0.15) is 32.6 Å². The molecule has 0 radical (unpaired) electrons. The SMILES string of the molecule is CC1CCCCC1OCCNC(=O)Nc1cccc(N2CCNC2=O)c1. The summed E-state index contributed by atoms with van der Waals surface area (Å²) in [6.45, 7) is 4.50. The zero-order valence-electron chi connectivity index (χ0n) is 15.3. The molecule has 2 unspecified atom stereocenters. The highest BCUT2D eigenvalue weighted by Crippen LogP contribution is 2.26. The molecule has 1 aliphatic heterocycles. The average molecular weight is 360 g/mol. The predicted octanol–water partition coefficient (Wildman–Crippen LogP) is 2.93. The van der Waals surface area contributed by atoms with Crippen LogP contribution in [0, 0.1) is 5.92 Å². The molecule has 0 spiro atoms. The molecule has 1 saturated heterocycles. The monoisotopic (exact) mass is 360 g/mol. The maximum Gasteiger partial charge on any atom is 0.321 e. The molecular weight excluding hydrogens is 332 g/mol. The minimum Gasteiger partial charge on any atom is -0.376 e. The van der Waals surface area contributed by atoms with Crippen molar-refractivity contribution in [1.29, 1.82) is 0 Å². The molecule has 142 valence electrons. The first-order valence-electron chi connectivity index (χ1n) is 9.45. The normalized spacial score (nSPS) is 22.8. The van der Waals surface area contributed by atoms with Crippen LogP contribution in [0.3, 0.4) is 0 Å². The van der Waals surface area contributed by atoms with E-state index in [9.17, 15) is 9.59 Å². The molecule has 1 heterocycles. The van der Waals surface area contributed by atoms with Gasteiger partial charge in [-0.05, 0) is 37.0 Å². The lowest BCUT2D eigenvalue weighted by Crippen LogP contribution is -2.34. The van der Waals surface area contributed by atoms with E-state index in [1.807, 2.05) is 12.1 Å². The van der Waals surface area contributed by atoms with Crippen molar-refractivity contribution < 1.29 is 14.3 Å². The van der Waals surface area contributed by atoms with Crippen LogP contribution in [0.5, 0.6) is 0 Å². The molecule has 26 heavy (non-hydrogen) atoms. The van der Waals surface area contributed by atoms with Crippen molar-refractivity contribution in [3.8, 4) is 0 Å². The fraction of sp³-hybridized carbons (Fsp3) is 0.579. The van der Waals surface area contributed by atoms with Crippen LogP contribution < -0.4 is 20.9 Å². The van der Waals surface area contributed by atoms with Crippen LogP contribution in [-0.4, -0.2) is 44.4 Å². The lowest BCUT2D eigenvalue weighted by molar-refractivity contribution is -0.00232. The second kappa shape index (κ2) is 8.89. The maximum atomic E-state index is 12.1. The van der Waals surface area contributed by atoms with Crippen molar-refractivity contribution in [1.82, 2.24) is 10.6 Å². The molecule has 1 aromatic carbocycles. The van der Waals surface area contributed by atoms with E-state index in [0.717, 1.165) is 12.1 Å². The Labute approximate surface area is 154 Å². The molecule has 4 amide bonds. The van der Waals surface area contributed by atoms with Gasteiger partial charge in [0.2, 0.25) is 0 Å². The van der Waals surface area contributed by atoms with Crippen LogP contribution in [-0.2, 0) is 4.74 Å². The van der Waals surface area contributed by atoms with Gasteiger partial charge in [0, 0.05) is 31.0 Å². The third kappa shape index (κ3) is 4.88. The van der Waals surface area contributed by atoms with E-state index in [1.165, 1.54) is 19.3 Å². The molecule has 7 heteroatoms. The second-order valence-corrected chi connectivity index (χ2v) is 6.99. The summed E-state index contributed by atoms with van der Waals surface area (Å²) >= 11 is 0. The topological polar surface area (TPSA) is 82.7 Å². The van der Waals surface area contributed by atoms with E-state index in [2.05, 4.69) is 22.9 Å². The largest absolute Gasteiger partial charge is 0.376 e. The molecule has 0 aromatic heterocycles. The summed E-state index contributed by atoms with van der Waals surface area (Å²) in [4.78, 5) is 25.4. The summed E-state index contributed by atoms with van der Waals surface area (Å²) in [6.07, 6.45) is 5.18. The number of carbonyl (C=O) groups is 2. The molecule has 3 rings (SSSR count). The summed E-state index contributed by atoms with van der Waals surface area (Å²) in [5, 5.41) is 8.39. The Morgan fingerprint density at radius 3 is 2.96 bits per heavy atom. The number of nitrogens with one attached hydrogen (secondary N) is 3. The summed E-state index contributed by atoms with van der Waals surface area (Å²) in [6, 6.07) is 6.90. The Balaban J connectivity index is 1.41. The highest BCUT2D eigenvalue weighted by atomic mass is 16.5. The van der Waals surface area contributed by atoms with Crippen LogP contribution >= 0.6 is 0 Å². The number of ether oxygens (including phenoxy) is 1. The van der Waals surface area contributed by atoms with Gasteiger partial charge in [-0.2, -0.15) is 0 Å². The van der Waals surface area contributed by atoms with Crippen molar-refractivity contribution in [2.75, 3.05) is 36.5 Å². The molecule has 2 aliphatic rings. The molecule has 1 aromatic rings. The quantitative estimate of drug-likeness (QED) is 0.682. The minimum atomic E-state index is -0.270. The number of rotatable bonds is 6. The van der Waals surface area contributed by atoms with Crippen LogP contribution in [0.4, 0.5) is 21.0 Å². The van der Waals surface area contributed by atoms with Crippen molar-refractivity contribution in [2.45, 2.75) is 38.7 Å². The molecule has 2 atom stereocenters. The third-order valence-electron chi connectivity index (χ3n) is 5.02. The maximum absolute atomic E-state index is 12.1. The van der Waals surface area contributed by atoms with Crippen molar-refractivity contribution >= 4 is 23.4 Å². The number of anilines is 2. The van der Waals surface area contributed by atoms with E-state index in [4.69, 9.17) is 4.74 Å². The molecule has 1 aliphatic carbocycles. The predicted molar refractivity (Wildman–Crippen MR) is 102 cm³/mol. The fourth-order valence-corrected chi connectivity index (χ4v) is 3.55. The van der Waals surface area contributed by atoms with Gasteiger partial charge in [-0.1, -0.05) is 25.8 Å². The lowest BCUT2D eigenvalue weighted by Gasteiger charge is -2.28. The van der Waals surface area contributed by atoms with Crippen molar-refractivity contribution in [2.24, 2.45) is 5.92 Å². The van der Waals surface area contributed by atoms with E-state index in [0.29, 0.717) is 44.0 Å². The van der Waals surface area contributed by atoms with Crippen molar-refractivity contribution in [3.63, 3.8) is 0 Å². The summed E-state index contributed by atoms with van der Waals surface area (Å²) in [5.41, 5.74) is 1.42. The molecule has 7 nitrogen and oxygen atoms in total. The summed E-state index contributed by atoms with van der Waals surface area (Å²) < 4.78 is 5.90. The molecule has 2 fully saturated rings. The van der Waals surface area contributed by atoms with Crippen molar-refractivity contribution in [3.05, 3.63) is 24.3 Å². The number of hydrogen-bond acceptors (Lipinski definition) is 3. The number of nitrogens with zero attached hydrogens (tertiary/aromatic N) is 1. The van der Waals surface area contributed by atoms with Gasteiger partial charge in [-0.15, -0.1) is 0 Å². The van der Waals surface area contributed by atoms with Gasteiger partial charge in [0.05, 0.1) is 12.7 Å². The minimum absolute atomic E-state index is 0.110. The molecule has 0 bridgehead atoms. The lowest BCUT2D eigenvalue weighted by atomic mass is 9.88. The zero-order valence-corrected chi connectivity index (χ0v) is 15.3. The van der Waals surface area contributed by atoms with E-state index in [-0.39, 0.29) is 12.1 Å². The average Bonchev–Trinajstić information content (AvgIpc) is 3.06. The van der Waals surface area contributed by atoms with Gasteiger partial charge in [0.1, 0.15) is 0 Å². The Bertz CT molecular complexity index is 637. The van der Waals surface area contributed by atoms with Gasteiger partial charge < -0.3 is 20.7 Å². The third-order valence-corrected chi connectivity index (χ3v) is 5.02. The first kappa shape index (κ1) is 18.5.